The van der Waals surface area contributed by atoms with E-state index in [1.807, 2.05) is 26.8 Å². The van der Waals surface area contributed by atoms with Crippen LogP contribution in [0.1, 0.15) is 27.7 Å². The van der Waals surface area contributed by atoms with Crippen molar-refractivity contribution >= 4 is 17.7 Å². The second-order valence-electron chi connectivity index (χ2n) is 7.82. The molecule has 1 aromatic rings. The Morgan fingerprint density at radius 2 is 1.82 bits per heavy atom. The molecule has 0 saturated carbocycles. The van der Waals surface area contributed by atoms with Crippen LogP contribution in [0.5, 0.6) is 5.75 Å². The van der Waals surface area contributed by atoms with Gasteiger partial charge in [-0.15, -0.1) is 0 Å². The van der Waals surface area contributed by atoms with Gasteiger partial charge in [-0.2, -0.15) is 0 Å². The van der Waals surface area contributed by atoms with Crippen molar-refractivity contribution in [2.24, 2.45) is 0 Å². The minimum absolute atomic E-state index is 0.272. The predicted molar refractivity (Wildman–Crippen MR) is 106 cm³/mol. The molecule has 1 saturated heterocycles. The van der Waals surface area contributed by atoms with E-state index in [-0.39, 0.29) is 6.09 Å². The van der Waals surface area contributed by atoms with Crippen LogP contribution in [-0.4, -0.2) is 77.9 Å². The molecule has 0 aromatic heterocycles. The second kappa shape index (κ2) is 9.75. The van der Waals surface area contributed by atoms with E-state index in [4.69, 9.17) is 9.47 Å². The zero-order chi connectivity index (χ0) is 20.7. The molecule has 2 amide bonds. The number of benzene rings is 1. The molecule has 2 rings (SSSR count). The average Bonchev–Trinajstić information content (AvgIpc) is 2.62. The summed E-state index contributed by atoms with van der Waals surface area (Å²) in [6.45, 7) is 10.9. The molecular weight excluding hydrogens is 362 g/mol. The summed E-state index contributed by atoms with van der Waals surface area (Å²) in [5.41, 5.74) is 0.0433. The summed E-state index contributed by atoms with van der Waals surface area (Å²) in [5.74, 6) is 0.0817. The summed E-state index contributed by atoms with van der Waals surface area (Å²) in [5, 5.41) is 12.0. The SMILES string of the molecule is C[C@H](O)C(=O)Nc1ccccc1OCCN1CCN(C(=O)OC(C)(C)C)CC1. The van der Waals surface area contributed by atoms with Crippen LogP contribution in [0.25, 0.3) is 0 Å². The van der Waals surface area contributed by atoms with Gasteiger partial charge in [0.1, 0.15) is 24.1 Å². The monoisotopic (exact) mass is 393 g/mol. The second-order valence-corrected chi connectivity index (χ2v) is 7.82. The maximum Gasteiger partial charge on any atom is 0.410 e. The van der Waals surface area contributed by atoms with Crippen molar-refractivity contribution in [3.05, 3.63) is 24.3 Å². The van der Waals surface area contributed by atoms with Crippen LogP contribution in [0.4, 0.5) is 10.5 Å². The maximum atomic E-state index is 12.1. The van der Waals surface area contributed by atoms with Gasteiger partial charge < -0.3 is 24.8 Å². The number of carbonyl (C=O) groups excluding carboxylic acids is 2. The van der Waals surface area contributed by atoms with Gasteiger partial charge in [-0.3, -0.25) is 9.69 Å². The van der Waals surface area contributed by atoms with E-state index < -0.39 is 17.6 Å². The third-order valence-electron chi connectivity index (χ3n) is 4.21. The number of hydrogen-bond acceptors (Lipinski definition) is 6. The fourth-order valence-electron chi connectivity index (χ4n) is 2.70. The molecule has 1 aliphatic heterocycles. The van der Waals surface area contributed by atoms with Gasteiger partial charge in [0.2, 0.25) is 0 Å². The van der Waals surface area contributed by atoms with E-state index in [2.05, 4.69) is 10.2 Å². The number of hydrogen-bond donors (Lipinski definition) is 2. The minimum atomic E-state index is -1.09. The molecule has 1 heterocycles. The van der Waals surface area contributed by atoms with Crippen LogP contribution in [0, 0.1) is 0 Å². The summed E-state index contributed by atoms with van der Waals surface area (Å²) < 4.78 is 11.2. The van der Waals surface area contributed by atoms with Crippen molar-refractivity contribution in [2.75, 3.05) is 44.6 Å². The average molecular weight is 393 g/mol. The van der Waals surface area contributed by atoms with Gasteiger partial charge >= 0.3 is 6.09 Å². The topological polar surface area (TPSA) is 91.3 Å². The molecular formula is C20H31N3O5. The van der Waals surface area contributed by atoms with E-state index >= 15 is 0 Å². The Balaban J connectivity index is 1.77. The van der Waals surface area contributed by atoms with Crippen LogP contribution in [0.2, 0.25) is 0 Å². The Bertz CT molecular complexity index is 664. The number of para-hydroxylation sites is 2. The zero-order valence-electron chi connectivity index (χ0n) is 17.1. The Morgan fingerprint density at radius 3 is 2.43 bits per heavy atom. The Hall–Kier alpha value is -2.32. The number of nitrogens with one attached hydrogen (secondary N) is 1. The third kappa shape index (κ3) is 7.01. The van der Waals surface area contributed by atoms with E-state index in [1.54, 1.807) is 23.1 Å². The van der Waals surface area contributed by atoms with Gasteiger partial charge in [0, 0.05) is 32.7 Å². The molecule has 8 heteroatoms. The normalized spacial score (nSPS) is 16.4. The minimum Gasteiger partial charge on any atom is -0.490 e. The van der Waals surface area contributed by atoms with E-state index in [0.29, 0.717) is 37.7 Å². The molecule has 28 heavy (non-hydrogen) atoms. The highest BCUT2D eigenvalue weighted by molar-refractivity contribution is 5.94. The number of amides is 2. The number of rotatable bonds is 6. The van der Waals surface area contributed by atoms with Gasteiger partial charge in [0.25, 0.3) is 5.91 Å². The first kappa shape index (κ1) is 22.0. The highest BCUT2D eigenvalue weighted by atomic mass is 16.6. The predicted octanol–water partition coefficient (Wildman–Crippen LogP) is 1.94. The van der Waals surface area contributed by atoms with Gasteiger partial charge in [0.05, 0.1) is 5.69 Å². The van der Waals surface area contributed by atoms with Crippen molar-refractivity contribution in [2.45, 2.75) is 39.4 Å². The van der Waals surface area contributed by atoms with E-state index in [0.717, 1.165) is 13.1 Å². The number of aliphatic hydroxyl groups excluding tert-OH is 1. The highest BCUT2D eigenvalue weighted by Gasteiger charge is 2.25. The smallest absolute Gasteiger partial charge is 0.410 e. The van der Waals surface area contributed by atoms with E-state index in [9.17, 15) is 14.7 Å². The number of anilines is 1. The Labute approximate surface area is 166 Å². The summed E-state index contributed by atoms with van der Waals surface area (Å²) in [6, 6.07) is 7.13. The number of ether oxygens (including phenoxy) is 2. The van der Waals surface area contributed by atoms with Crippen LogP contribution >= 0.6 is 0 Å². The molecule has 2 N–H and O–H groups in total. The zero-order valence-corrected chi connectivity index (χ0v) is 17.1. The summed E-state index contributed by atoms with van der Waals surface area (Å²) in [6.07, 6.45) is -1.36. The van der Waals surface area contributed by atoms with Gasteiger partial charge in [-0.25, -0.2) is 4.79 Å². The summed E-state index contributed by atoms with van der Waals surface area (Å²) in [4.78, 5) is 27.7. The first-order valence-electron chi connectivity index (χ1n) is 9.57. The molecule has 1 aliphatic rings. The van der Waals surface area contributed by atoms with Crippen molar-refractivity contribution < 1.29 is 24.2 Å². The Kier molecular flexibility index (Phi) is 7.65. The highest BCUT2D eigenvalue weighted by Crippen LogP contribution is 2.24. The van der Waals surface area contributed by atoms with Gasteiger partial charge in [-0.05, 0) is 39.8 Å². The maximum absolute atomic E-state index is 12.1. The molecule has 0 unspecified atom stereocenters. The first-order chi connectivity index (χ1) is 13.2. The van der Waals surface area contributed by atoms with Crippen LogP contribution in [0.15, 0.2) is 24.3 Å². The lowest BCUT2D eigenvalue weighted by Crippen LogP contribution is -2.50. The molecule has 0 radical (unpaired) electrons. The molecule has 0 bridgehead atoms. The van der Waals surface area contributed by atoms with E-state index in [1.165, 1.54) is 6.92 Å². The van der Waals surface area contributed by atoms with Gasteiger partial charge in [0.15, 0.2) is 0 Å². The third-order valence-corrected chi connectivity index (χ3v) is 4.21. The largest absolute Gasteiger partial charge is 0.490 e. The quantitative estimate of drug-likeness (QED) is 0.768. The number of carbonyl (C=O) groups is 2. The molecule has 1 fully saturated rings. The Morgan fingerprint density at radius 1 is 1.18 bits per heavy atom. The number of nitrogens with zero attached hydrogens (tertiary/aromatic N) is 2. The fourth-order valence-corrected chi connectivity index (χ4v) is 2.70. The molecule has 1 atom stereocenters. The number of piperazine rings is 1. The van der Waals surface area contributed by atoms with Crippen molar-refractivity contribution in [3.63, 3.8) is 0 Å². The molecule has 156 valence electrons. The lowest BCUT2D eigenvalue weighted by Gasteiger charge is -2.35. The molecule has 0 aliphatic carbocycles. The summed E-state index contributed by atoms with van der Waals surface area (Å²) >= 11 is 0. The number of aliphatic hydroxyl groups is 1. The van der Waals surface area contributed by atoms with Crippen LogP contribution in [0.3, 0.4) is 0 Å². The summed E-state index contributed by atoms with van der Waals surface area (Å²) in [7, 11) is 0. The molecule has 1 aromatic carbocycles. The lowest BCUT2D eigenvalue weighted by atomic mass is 10.2. The van der Waals surface area contributed by atoms with Crippen molar-refractivity contribution in [3.8, 4) is 5.75 Å². The van der Waals surface area contributed by atoms with Gasteiger partial charge in [-0.1, -0.05) is 12.1 Å². The van der Waals surface area contributed by atoms with Crippen LogP contribution < -0.4 is 10.1 Å². The van der Waals surface area contributed by atoms with Crippen molar-refractivity contribution in [1.82, 2.24) is 9.80 Å². The van der Waals surface area contributed by atoms with Crippen molar-refractivity contribution in [1.29, 1.82) is 0 Å². The fraction of sp³-hybridized carbons (Fsp3) is 0.600. The standard InChI is InChI=1S/C20H31N3O5/c1-15(24)18(25)21-16-7-5-6-8-17(16)27-14-13-22-9-11-23(12-10-22)19(26)28-20(2,3)4/h5-8,15,24H,9-14H2,1-4H3,(H,21,25)/t15-/m0/s1. The lowest BCUT2D eigenvalue weighted by molar-refractivity contribution is -0.123. The molecule has 0 spiro atoms. The first-order valence-corrected chi connectivity index (χ1v) is 9.57. The van der Waals surface area contributed by atoms with Crippen LogP contribution in [-0.2, 0) is 9.53 Å². The molecule has 8 nitrogen and oxygen atoms in total.